The molecule has 2 fully saturated rings. The van der Waals surface area contributed by atoms with Gasteiger partial charge in [0.1, 0.15) is 0 Å². The molecule has 2 amide bonds. The van der Waals surface area contributed by atoms with Gasteiger partial charge in [-0.25, -0.2) is 4.79 Å². The molecule has 1 heterocycles. The highest BCUT2D eigenvalue weighted by molar-refractivity contribution is 5.75. The molecule has 2 atom stereocenters. The van der Waals surface area contributed by atoms with Crippen molar-refractivity contribution in [3.05, 3.63) is 0 Å². The van der Waals surface area contributed by atoms with Crippen LogP contribution < -0.4 is 5.32 Å². The molecule has 20 heavy (non-hydrogen) atoms. The number of carbonyl (C=O) groups excluding carboxylic acids is 1. The summed E-state index contributed by atoms with van der Waals surface area (Å²) >= 11 is 0. The highest BCUT2D eigenvalue weighted by Gasteiger charge is 2.32. The van der Waals surface area contributed by atoms with Crippen LogP contribution in [0.15, 0.2) is 0 Å². The molecule has 5 nitrogen and oxygen atoms in total. The van der Waals surface area contributed by atoms with E-state index in [1.54, 1.807) is 0 Å². The fourth-order valence-electron chi connectivity index (χ4n) is 3.37. The van der Waals surface area contributed by atoms with Gasteiger partial charge in [-0.1, -0.05) is 13.8 Å². The summed E-state index contributed by atoms with van der Waals surface area (Å²) in [7, 11) is 0. The number of hydrogen-bond acceptors (Lipinski definition) is 2. The van der Waals surface area contributed by atoms with Crippen LogP contribution in [0.3, 0.4) is 0 Å². The van der Waals surface area contributed by atoms with Gasteiger partial charge < -0.3 is 15.3 Å². The molecule has 0 spiro atoms. The number of nitrogens with one attached hydrogen (secondary N) is 1. The number of hydrogen-bond donors (Lipinski definition) is 2. The molecule has 0 radical (unpaired) electrons. The van der Waals surface area contributed by atoms with Crippen LogP contribution in [-0.4, -0.2) is 41.1 Å². The number of aliphatic carboxylic acids is 1. The molecule has 114 valence electrons. The predicted molar refractivity (Wildman–Crippen MR) is 76.4 cm³/mol. The highest BCUT2D eigenvalue weighted by atomic mass is 16.4. The number of carbonyl (C=O) groups is 2. The van der Waals surface area contributed by atoms with Gasteiger partial charge in [-0.05, 0) is 43.9 Å². The standard InChI is InChI=1S/C15H26N2O3/c1-10(2)11-5-7-17(8-6-11)15(20)16-13-4-3-12(9-13)14(18)19/h10-13H,3-9H2,1-2H3,(H,16,20)(H,18,19). The lowest BCUT2D eigenvalue weighted by atomic mass is 9.87. The van der Waals surface area contributed by atoms with Crippen LogP contribution in [0.1, 0.15) is 46.0 Å². The number of carboxylic acid groups (broad SMARTS) is 1. The van der Waals surface area contributed by atoms with Gasteiger partial charge in [0, 0.05) is 19.1 Å². The lowest BCUT2D eigenvalue weighted by Crippen LogP contribution is -2.47. The zero-order valence-electron chi connectivity index (χ0n) is 12.5. The van der Waals surface area contributed by atoms with E-state index in [0.717, 1.165) is 38.3 Å². The van der Waals surface area contributed by atoms with E-state index in [1.165, 1.54) is 0 Å². The minimum absolute atomic E-state index is 0.0109. The Bertz CT molecular complexity index is 362. The van der Waals surface area contributed by atoms with Crippen LogP contribution in [0.5, 0.6) is 0 Å². The molecule has 2 aliphatic rings. The van der Waals surface area contributed by atoms with E-state index in [1.807, 2.05) is 4.90 Å². The molecule has 0 aromatic heterocycles. The van der Waals surface area contributed by atoms with Crippen molar-refractivity contribution in [2.24, 2.45) is 17.8 Å². The maximum absolute atomic E-state index is 12.2. The van der Waals surface area contributed by atoms with Gasteiger partial charge >= 0.3 is 12.0 Å². The molecule has 5 heteroatoms. The van der Waals surface area contributed by atoms with Crippen molar-refractivity contribution >= 4 is 12.0 Å². The van der Waals surface area contributed by atoms with Gasteiger partial charge in [-0.2, -0.15) is 0 Å². The number of nitrogens with zero attached hydrogens (tertiary/aromatic N) is 1. The number of carboxylic acids is 1. The van der Waals surface area contributed by atoms with Crippen molar-refractivity contribution in [2.45, 2.75) is 52.0 Å². The highest BCUT2D eigenvalue weighted by Crippen LogP contribution is 2.27. The molecular formula is C15H26N2O3. The van der Waals surface area contributed by atoms with Gasteiger partial charge in [-0.3, -0.25) is 4.79 Å². The van der Waals surface area contributed by atoms with Crippen molar-refractivity contribution in [3.63, 3.8) is 0 Å². The SMILES string of the molecule is CC(C)C1CCN(C(=O)NC2CCC(C(=O)O)C2)CC1. The first-order valence-electron chi connectivity index (χ1n) is 7.75. The van der Waals surface area contributed by atoms with Crippen LogP contribution in [0.25, 0.3) is 0 Å². The first-order chi connectivity index (χ1) is 9.47. The zero-order valence-corrected chi connectivity index (χ0v) is 12.5. The topological polar surface area (TPSA) is 69.6 Å². The lowest BCUT2D eigenvalue weighted by molar-refractivity contribution is -0.141. The molecule has 2 rings (SSSR count). The predicted octanol–water partition coefficient (Wildman–Crippen LogP) is 2.32. The molecule has 1 saturated heterocycles. The van der Waals surface area contributed by atoms with E-state index in [4.69, 9.17) is 5.11 Å². The van der Waals surface area contributed by atoms with E-state index in [2.05, 4.69) is 19.2 Å². The minimum atomic E-state index is -0.737. The summed E-state index contributed by atoms with van der Waals surface area (Å²) < 4.78 is 0. The first-order valence-corrected chi connectivity index (χ1v) is 7.75. The Morgan fingerprint density at radius 2 is 1.80 bits per heavy atom. The third-order valence-electron chi connectivity index (χ3n) is 4.88. The van der Waals surface area contributed by atoms with Crippen LogP contribution in [-0.2, 0) is 4.79 Å². The van der Waals surface area contributed by atoms with Crippen molar-refractivity contribution < 1.29 is 14.7 Å². The smallest absolute Gasteiger partial charge is 0.317 e. The fraction of sp³-hybridized carbons (Fsp3) is 0.867. The van der Waals surface area contributed by atoms with Gasteiger partial charge in [0.05, 0.1) is 5.92 Å². The monoisotopic (exact) mass is 282 g/mol. The average Bonchev–Trinajstić information content (AvgIpc) is 2.87. The van der Waals surface area contributed by atoms with E-state index in [0.29, 0.717) is 18.8 Å². The second-order valence-corrected chi connectivity index (χ2v) is 6.56. The molecule has 1 aliphatic carbocycles. The second kappa shape index (κ2) is 6.46. The van der Waals surface area contributed by atoms with Gasteiger partial charge in [-0.15, -0.1) is 0 Å². The van der Waals surface area contributed by atoms with Crippen molar-refractivity contribution in [1.29, 1.82) is 0 Å². The maximum atomic E-state index is 12.2. The summed E-state index contributed by atoms with van der Waals surface area (Å²) in [6.07, 6.45) is 4.19. The quantitative estimate of drug-likeness (QED) is 0.834. The molecular weight excluding hydrogens is 256 g/mol. The first kappa shape index (κ1) is 15.1. The fourth-order valence-corrected chi connectivity index (χ4v) is 3.37. The summed E-state index contributed by atoms with van der Waals surface area (Å²) in [4.78, 5) is 25.0. The Hall–Kier alpha value is -1.26. The van der Waals surface area contributed by atoms with Crippen LogP contribution in [0.2, 0.25) is 0 Å². The Kier molecular flexibility index (Phi) is 4.89. The van der Waals surface area contributed by atoms with Crippen LogP contribution in [0, 0.1) is 17.8 Å². The third kappa shape index (κ3) is 3.64. The van der Waals surface area contributed by atoms with Gasteiger partial charge in [0.15, 0.2) is 0 Å². The minimum Gasteiger partial charge on any atom is -0.481 e. The van der Waals surface area contributed by atoms with Gasteiger partial charge in [0.25, 0.3) is 0 Å². The largest absolute Gasteiger partial charge is 0.481 e. The normalized spacial score (nSPS) is 27.9. The van der Waals surface area contributed by atoms with Crippen LogP contribution in [0.4, 0.5) is 4.79 Å². The summed E-state index contributed by atoms with van der Waals surface area (Å²) in [5, 5.41) is 12.0. The second-order valence-electron chi connectivity index (χ2n) is 6.56. The number of urea groups is 1. The molecule has 0 aromatic carbocycles. The molecule has 2 unspecified atom stereocenters. The molecule has 0 bridgehead atoms. The average molecular weight is 282 g/mol. The lowest BCUT2D eigenvalue weighted by Gasteiger charge is -2.34. The Morgan fingerprint density at radius 1 is 1.15 bits per heavy atom. The summed E-state index contributed by atoms with van der Waals surface area (Å²) in [5.41, 5.74) is 0. The Balaban J connectivity index is 1.75. The van der Waals surface area contributed by atoms with E-state index in [-0.39, 0.29) is 18.0 Å². The number of likely N-dealkylation sites (tertiary alicyclic amines) is 1. The molecule has 1 saturated carbocycles. The summed E-state index contributed by atoms with van der Waals surface area (Å²) in [6.45, 7) is 6.13. The zero-order chi connectivity index (χ0) is 14.7. The molecule has 1 aliphatic heterocycles. The van der Waals surface area contributed by atoms with E-state index >= 15 is 0 Å². The Morgan fingerprint density at radius 3 is 2.30 bits per heavy atom. The van der Waals surface area contributed by atoms with Gasteiger partial charge in [0.2, 0.25) is 0 Å². The third-order valence-corrected chi connectivity index (χ3v) is 4.88. The van der Waals surface area contributed by atoms with E-state index < -0.39 is 5.97 Å². The maximum Gasteiger partial charge on any atom is 0.317 e. The van der Waals surface area contributed by atoms with Crippen molar-refractivity contribution in [1.82, 2.24) is 10.2 Å². The molecule has 2 N–H and O–H groups in total. The summed E-state index contributed by atoms with van der Waals surface area (Å²) in [6, 6.07) is 0.0228. The number of amides is 2. The number of piperidine rings is 1. The van der Waals surface area contributed by atoms with Crippen molar-refractivity contribution in [2.75, 3.05) is 13.1 Å². The number of rotatable bonds is 3. The van der Waals surface area contributed by atoms with E-state index in [9.17, 15) is 9.59 Å². The summed E-state index contributed by atoms with van der Waals surface area (Å²) in [5.74, 6) is 0.389. The Labute approximate surface area is 120 Å². The van der Waals surface area contributed by atoms with Crippen LogP contribution >= 0.6 is 0 Å². The molecule has 0 aromatic rings. The van der Waals surface area contributed by atoms with Crippen molar-refractivity contribution in [3.8, 4) is 0 Å².